The highest BCUT2D eigenvalue weighted by Gasteiger charge is 2.51. The Morgan fingerprint density at radius 1 is 1.22 bits per heavy atom. The minimum atomic E-state index is -0.333. The van der Waals surface area contributed by atoms with E-state index in [1.165, 1.54) is 5.56 Å². The topological polar surface area (TPSA) is 31.4 Å². The molecule has 2 heterocycles. The van der Waals surface area contributed by atoms with Crippen molar-refractivity contribution in [1.29, 1.82) is 0 Å². The molecule has 0 amide bonds. The summed E-state index contributed by atoms with van der Waals surface area (Å²) in [6.07, 6.45) is 2.74. The predicted octanol–water partition coefficient (Wildman–Crippen LogP) is 2.71. The molecule has 0 aliphatic carbocycles. The number of rotatable bonds is 2. The summed E-state index contributed by atoms with van der Waals surface area (Å²) in [6.45, 7) is 10.3. The monoisotopic (exact) mass is 311 g/mol. The van der Waals surface area contributed by atoms with Gasteiger partial charge < -0.3 is 9.31 Å². The molecule has 1 aromatic heterocycles. The molecule has 3 nitrogen and oxygen atoms in total. The van der Waals surface area contributed by atoms with Gasteiger partial charge in [0, 0.05) is 11.7 Å². The molecule has 5 heteroatoms. The van der Waals surface area contributed by atoms with Crippen LogP contribution in [0.3, 0.4) is 0 Å². The van der Waals surface area contributed by atoms with Crippen molar-refractivity contribution in [1.82, 2.24) is 4.98 Å². The molecule has 0 atom stereocenters. The summed E-state index contributed by atoms with van der Waals surface area (Å²) in [6, 6.07) is 2.10. The van der Waals surface area contributed by atoms with Crippen LogP contribution in [0.1, 0.15) is 40.2 Å². The summed E-state index contributed by atoms with van der Waals surface area (Å²) in [5, 5.41) is 0. The number of aryl methyl sites for hydroxylation is 1. The van der Waals surface area contributed by atoms with E-state index in [4.69, 9.17) is 9.31 Å². The fourth-order valence-corrected chi connectivity index (χ4v) is 2.37. The molecule has 1 aliphatic heterocycles. The first-order valence-corrected chi connectivity index (χ1v) is 7.06. The van der Waals surface area contributed by atoms with Crippen LogP contribution in [0.15, 0.2) is 16.9 Å². The van der Waals surface area contributed by atoms with Crippen molar-refractivity contribution >= 4 is 28.5 Å². The Kier molecular flexibility index (Phi) is 3.60. The van der Waals surface area contributed by atoms with Crippen LogP contribution in [0, 0.1) is 0 Å². The molecule has 0 bridgehead atoms. The molecule has 0 N–H and O–H groups in total. The van der Waals surface area contributed by atoms with E-state index in [2.05, 4.69) is 61.6 Å². The number of halogens is 1. The molecule has 1 saturated heterocycles. The van der Waals surface area contributed by atoms with E-state index in [0.29, 0.717) is 0 Å². The van der Waals surface area contributed by atoms with Gasteiger partial charge in [-0.05, 0) is 55.6 Å². The number of hydrogen-bond donors (Lipinski definition) is 0. The number of hydrogen-bond acceptors (Lipinski definition) is 3. The Bertz CT molecular complexity index is 446. The van der Waals surface area contributed by atoms with Gasteiger partial charge in [0.05, 0.1) is 11.2 Å². The molecule has 1 aromatic rings. The minimum Gasteiger partial charge on any atom is -0.399 e. The highest BCUT2D eigenvalue weighted by atomic mass is 79.9. The van der Waals surface area contributed by atoms with Crippen molar-refractivity contribution in [2.75, 3.05) is 0 Å². The molecule has 1 aliphatic rings. The molecule has 0 radical (unpaired) electrons. The van der Waals surface area contributed by atoms with E-state index in [1.807, 2.05) is 6.20 Å². The standard InChI is InChI=1S/C13H19BBrNO2/c1-6-9-7-10(8-16-11(9)15)14-17-12(2,3)13(4,5)18-14/h7-8H,6H2,1-5H3. The van der Waals surface area contributed by atoms with Crippen molar-refractivity contribution in [3.8, 4) is 0 Å². The van der Waals surface area contributed by atoms with Crippen LogP contribution in [0.2, 0.25) is 0 Å². The zero-order valence-corrected chi connectivity index (χ0v) is 13.2. The molecule has 0 spiro atoms. The summed E-state index contributed by atoms with van der Waals surface area (Å²) >= 11 is 3.45. The van der Waals surface area contributed by atoms with Gasteiger partial charge in [-0.25, -0.2) is 4.98 Å². The van der Waals surface area contributed by atoms with Crippen molar-refractivity contribution in [3.05, 3.63) is 22.4 Å². The Balaban J connectivity index is 2.30. The molecule has 0 saturated carbocycles. The quantitative estimate of drug-likeness (QED) is 0.621. The van der Waals surface area contributed by atoms with Crippen LogP contribution in [0.5, 0.6) is 0 Å². The predicted molar refractivity (Wildman–Crippen MR) is 77.0 cm³/mol. The average Bonchev–Trinajstić information content (AvgIpc) is 2.49. The van der Waals surface area contributed by atoms with Gasteiger partial charge >= 0.3 is 7.12 Å². The highest BCUT2D eigenvalue weighted by molar-refractivity contribution is 9.10. The minimum absolute atomic E-state index is 0.308. The maximum atomic E-state index is 6.01. The Labute approximate surface area is 118 Å². The lowest BCUT2D eigenvalue weighted by molar-refractivity contribution is 0.00578. The van der Waals surface area contributed by atoms with Crippen LogP contribution >= 0.6 is 15.9 Å². The first kappa shape index (κ1) is 14.0. The molecule has 98 valence electrons. The number of pyridine rings is 1. The summed E-state index contributed by atoms with van der Waals surface area (Å²) in [5.74, 6) is 0. The van der Waals surface area contributed by atoms with Gasteiger partial charge in [0.1, 0.15) is 4.60 Å². The van der Waals surface area contributed by atoms with E-state index in [-0.39, 0.29) is 18.3 Å². The highest BCUT2D eigenvalue weighted by Crippen LogP contribution is 2.36. The van der Waals surface area contributed by atoms with Crippen LogP contribution in [-0.2, 0) is 15.7 Å². The molecular formula is C13H19BBrNO2. The summed E-state index contributed by atoms with van der Waals surface area (Å²) in [7, 11) is -0.333. The van der Waals surface area contributed by atoms with Crippen LogP contribution in [0.25, 0.3) is 0 Å². The van der Waals surface area contributed by atoms with Crippen LogP contribution < -0.4 is 5.46 Å². The molecule has 1 fully saturated rings. The zero-order chi connectivity index (χ0) is 13.6. The summed E-state index contributed by atoms with van der Waals surface area (Å²) in [5.41, 5.74) is 1.53. The van der Waals surface area contributed by atoms with E-state index in [0.717, 1.165) is 16.5 Å². The zero-order valence-electron chi connectivity index (χ0n) is 11.6. The third-order valence-electron chi connectivity index (χ3n) is 3.84. The molecular weight excluding hydrogens is 293 g/mol. The second-order valence-electron chi connectivity index (χ2n) is 5.66. The van der Waals surface area contributed by atoms with Gasteiger partial charge in [0.2, 0.25) is 0 Å². The molecule has 18 heavy (non-hydrogen) atoms. The fourth-order valence-electron chi connectivity index (χ4n) is 1.87. The van der Waals surface area contributed by atoms with E-state index >= 15 is 0 Å². The Hall–Kier alpha value is -0.385. The molecule has 0 aromatic carbocycles. The second-order valence-corrected chi connectivity index (χ2v) is 6.41. The van der Waals surface area contributed by atoms with Crippen LogP contribution in [-0.4, -0.2) is 23.3 Å². The van der Waals surface area contributed by atoms with Gasteiger partial charge in [0.25, 0.3) is 0 Å². The first-order valence-electron chi connectivity index (χ1n) is 6.27. The lowest BCUT2D eigenvalue weighted by atomic mass is 9.79. The SMILES string of the molecule is CCc1cc(B2OC(C)(C)C(C)(C)O2)cnc1Br. The van der Waals surface area contributed by atoms with Gasteiger partial charge in [-0.2, -0.15) is 0 Å². The van der Waals surface area contributed by atoms with Gasteiger partial charge in [0.15, 0.2) is 0 Å². The van der Waals surface area contributed by atoms with Gasteiger partial charge in [-0.3, -0.25) is 0 Å². The normalized spacial score (nSPS) is 21.3. The van der Waals surface area contributed by atoms with Crippen molar-refractivity contribution in [2.45, 2.75) is 52.2 Å². The third kappa shape index (κ3) is 2.36. The summed E-state index contributed by atoms with van der Waals surface area (Å²) in [4.78, 5) is 4.35. The Morgan fingerprint density at radius 2 is 1.78 bits per heavy atom. The number of nitrogens with zero attached hydrogens (tertiary/aromatic N) is 1. The van der Waals surface area contributed by atoms with Crippen LogP contribution in [0.4, 0.5) is 0 Å². The largest absolute Gasteiger partial charge is 0.496 e. The molecule has 2 rings (SSSR count). The smallest absolute Gasteiger partial charge is 0.399 e. The molecule has 0 unspecified atom stereocenters. The Morgan fingerprint density at radius 3 is 2.28 bits per heavy atom. The fraction of sp³-hybridized carbons (Fsp3) is 0.615. The van der Waals surface area contributed by atoms with Gasteiger partial charge in [-0.1, -0.05) is 13.0 Å². The lowest BCUT2D eigenvalue weighted by Crippen LogP contribution is -2.41. The van der Waals surface area contributed by atoms with E-state index in [1.54, 1.807) is 0 Å². The first-order chi connectivity index (χ1) is 8.27. The van der Waals surface area contributed by atoms with Gasteiger partial charge in [-0.15, -0.1) is 0 Å². The maximum Gasteiger partial charge on any atom is 0.496 e. The van der Waals surface area contributed by atoms with Crippen molar-refractivity contribution < 1.29 is 9.31 Å². The number of aromatic nitrogens is 1. The summed E-state index contributed by atoms with van der Waals surface area (Å²) < 4.78 is 12.9. The lowest BCUT2D eigenvalue weighted by Gasteiger charge is -2.32. The average molecular weight is 312 g/mol. The van der Waals surface area contributed by atoms with E-state index in [9.17, 15) is 0 Å². The van der Waals surface area contributed by atoms with E-state index < -0.39 is 0 Å². The second kappa shape index (κ2) is 4.62. The third-order valence-corrected chi connectivity index (χ3v) is 4.55. The van der Waals surface area contributed by atoms with Crippen molar-refractivity contribution in [2.24, 2.45) is 0 Å². The maximum absolute atomic E-state index is 6.01. The van der Waals surface area contributed by atoms with Crippen molar-refractivity contribution in [3.63, 3.8) is 0 Å².